The number of benzene rings is 3. The summed E-state index contributed by atoms with van der Waals surface area (Å²) in [5, 5.41) is 34.2. The smallest absolute Gasteiger partial charge is 0.445 e. The van der Waals surface area contributed by atoms with Crippen LogP contribution in [0, 0.1) is 15.9 Å². The molecule has 0 aliphatic heterocycles. The Morgan fingerprint density at radius 2 is 1.60 bits per heavy atom. The monoisotopic (exact) mass is 893 g/mol. The van der Waals surface area contributed by atoms with Crippen LogP contribution in [0.4, 0.5) is 42.1 Å². The highest BCUT2D eigenvalue weighted by molar-refractivity contribution is 7.51. The predicted octanol–water partition coefficient (Wildman–Crippen LogP) is 7.07. The lowest BCUT2D eigenvalue weighted by molar-refractivity contribution is -0.385. The Kier molecular flexibility index (Phi) is 17.5. The van der Waals surface area contributed by atoms with E-state index in [0.29, 0.717) is 11.8 Å². The maximum Gasteiger partial charge on any atom is 0.445 e. The molecule has 0 saturated carbocycles. The molecule has 316 valence electrons. The van der Waals surface area contributed by atoms with Crippen molar-refractivity contribution >= 4 is 59.8 Å². The number of alkyl halides is 6. The second-order valence-electron chi connectivity index (χ2n) is 11.1. The first-order chi connectivity index (χ1) is 26.7. The number of nitrogens with one attached hydrogen (secondary N) is 1. The maximum absolute atomic E-state index is 13.0. The zero-order valence-corrected chi connectivity index (χ0v) is 31.7. The molecule has 1 aromatic heterocycles. The number of ether oxygens (including phenoxy) is 2. The molecule has 1 heterocycles. The van der Waals surface area contributed by atoms with Crippen LogP contribution in [0.3, 0.4) is 0 Å². The van der Waals surface area contributed by atoms with Crippen LogP contribution in [0.1, 0.15) is 34.8 Å². The number of anilines is 1. The Morgan fingerprint density at radius 3 is 2.07 bits per heavy atom. The Hall–Kier alpha value is -5.46. The average Bonchev–Trinajstić information content (AvgIpc) is 3.59. The third kappa shape index (κ3) is 16.2. The zero-order valence-electron chi connectivity index (χ0n) is 29.2. The van der Waals surface area contributed by atoms with Crippen molar-refractivity contribution in [1.29, 1.82) is 0 Å². The fraction of sp³-hybridized carbons (Fsp3) is 0.258. The van der Waals surface area contributed by atoms with Gasteiger partial charge in [-0.3, -0.25) is 29.6 Å². The molecule has 5 N–H and O–H groups in total. The molecule has 0 radical (unpaired) electrons. The molecule has 0 aliphatic rings. The number of rotatable bonds is 13. The van der Waals surface area contributed by atoms with E-state index in [1.807, 2.05) is 0 Å². The number of carbonyl (C=O) groups is 3. The van der Waals surface area contributed by atoms with Crippen molar-refractivity contribution in [3.8, 4) is 16.7 Å². The lowest BCUT2D eigenvalue weighted by Gasteiger charge is -2.26. The highest BCUT2D eigenvalue weighted by Crippen LogP contribution is 2.38. The van der Waals surface area contributed by atoms with Crippen LogP contribution < -0.4 is 19.7 Å². The Morgan fingerprint density at radius 1 is 0.983 bits per heavy atom. The van der Waals surface area contributed by atoms with E-state index < -0.39 is 89.8 Å². The number of aromatic carboxylic acids is 1. The van der Waals surface area contributed by atoms with Gasteiger partial charge in [-0.15, -0.1) is 5.10 Å². The fourth-order valence-electron chi connectivity index (χ4n) is 4.01. The number of nitrogens with zero attached hydrogens (tertiary/aromatic N) is 4. The van der Waals surface area contributed by atoms with E-state index >= 15 is 0 Å². The van der Waals surface area contributed by atoms with Gasteiger partial charge in [0.25, 0.3) is 16.8 Å². The summed E-state index contributed by atoms with van der Waals surface area (Å²) in [6, 6.07) is 10.3. The summed E-state index contributed by atoms with van der Waals surface area (Å²) >= 11 is 5.93. The molecule has 3 aromatic carbocycles. The lowest BCUT2D eigenvalue weighted by atomic mass is 10.1. The first kappa shape index (κ1) is 48.7. The van der Waals surface area contributed by atoms with E-state index in [-0.39, 0.29) is 39.1 Å². The van der Waals surface area contributed by atoms with Gasteiger partial charge >= 0.3 is 31.9 Å². The molecule has 0 unspecified atom stereocenters. The second-order valence-corrected chi connectivity index (χ2v) is 14.1. The van der Waals surface area contributed by atoms with Crippen molar-refractivity contribution in [2.75, 3.05) is 24.3 Å². The third-order valence-electron chi connectivity index (χ3n) is 6.33. The van der Waals surface area contributed by atoms with Gasteiger partial charge in [0.2, 0.25) is 5.01 Å². The second kappa shape index (κ2) is 20.8. The van der Waals surface area contributed by atoms with Gasteiger partial charge in [-0.2, -0.15) is 26.3 Å². The van der Waals surface area contributed by atoms with Crippen LogP contribution in [0.25, 0.3) is 0 Å². The summed E-state index contributed by atoms with van der Waals surface area (Å²) in [6.07, 6.45) is -9.79. The normalized spacial score (nSPS) is 11.4. The molecule has 58 heavy (non-hydrogen) atoms. The summed E-state index contributed by atoms with van der Waals surface area (Å²) in [4.78, 5) is 60.7. The fourth-order valence-corrected chi connectivity index (χ4v) is 5.20. The molecule has 0 fully saturated rings. The number of amides is 1. The Bertz CT molecular complexity index is 2120. The lowest BCUT2D eigenvalue weighted by Crippen LogP contribution is -2.40. The summed E-state index contributed by atoms with van der Waals surface area (Å²) < 4.78 is 108. The van der Waals surface area contributed by atoms with Crippen LogP contribution in [0.2, 0.25) is 5.02 Å². The molecule has 0 atom stereocenters. The summed E-state index contributed by atoms with van der Waals surface area (Å²) in [5.74, 6) is -3.92. The highest BCUT2D eigenvalue weighted by atomic mass is 35.5. The highest BCUT2D eigenvalue weighted by Gasteiger charge is 2.36. The summed E-state index contributed by atoms with van der Waals surface area (Å²) in [7, 11) is -4.10. The topological polar surface area (TPSA) is 252 Å². The van der Waals surface area contributed by atoms with E-state index in [4.69, 9.17) is 41.1 Å². The SMILES string of the molecule is CC(C)N(C(=O)COc1nnc(C(F)(F)F)s1)c1ccc(F)cc1.O=C(O)CNCP(=O)(O)O.O=C(O)c1cc(Oc2ccc(C(F)(F)F)cc2Cl)ccc1[N+](=O)[O-]. The first-order valence-electron chi connectivity index (χ1n) is 15.3. The van der Waals surface area contributed by atoms with Crippen molar-refractivity contribution in [3.63, 3.8) is 0 Å². The molecule has 4 rings (SSSR count). The minimum Gasteiger partial charge on any atom is -0.480 e. The molecular formula is C31H28ClF7N5O12PS. The van der Waals surface area contributed by atoms with Crippen molar-refractivity contribution in [3.05, 3.63) is 97.8 Å². The third-order valence-corrected chi connectivity index (χ3v) is 8.15. The van der Waals surface area contributed by atoms with Crippen LogP contribution in [0.5, 0.6) is 16.7 Å². The van der Waals surface area contributed by atoms with Crippen molar-refractivity contribution in [2.24, 2.45) is 0 Å². The minimum absolute atomic E-state index is 0.125. The minimum atomic E-state index is -4.61. The molecule has 0 aliphatic carbocycles. The van der Waals surface area contributed by atoms with Gasteiger partial charge in [0.15, 0.2) is 6.61 Å². The Balaban J connectivity index is 0.000000326. The summed E-state index contributed by atoms with van der Waals surface area (Å²) in [6.45, 7) is 2.54. The molecule has 17 nitrogen and oxygen atoms in total. The molecule has 0 spiro atoms. The van der Waals surface area contributed by atoms with Gasteiger partial charge < -0.3 is 34.4 Å². The van der Waals surface area contributed by atoms with Crippen LogP contribution >= 0.6 is 30.5 Å². The number of carboxylic acid groups (broad SMARTS) is 2. The molecule has 4 aromatic rings. The van der Waals surface area contributed by atoms with Crippen LogP contribution in [-0.4, -0.2) is 78.4 Å². The van der Waals surface area contributed by atoms with Crippen LogP contribution in [-0.2, 0) is 26.5 Å². The average molecular weight is 894 g/mol. The molecule has 27 heteroatoms. The molecule has 0 bridgehead atoms. The van der Waals surface area contributed by atoms with E-state index in [9.17, 15) is 59.8 Å². The quantitative estimate of drug-likeness (QED) is 0.0390. The molecule has 1 amide bonds. The summed E-state index contributed by atoms with van der Waals surface area (Å²) in [5.41, 5.74) is -1.79. The first-order valence-corrected chi connectivity index (χ1v) is 18.3. The predicted molar refractivity (Wildman–Crippen MR) is 189 cm³/mol. The number of carbonyl (C=O) groups excluding carboxylic acids is 1. The van der Waals surface area contributed by atoms with E-state index in [0.717, 1.165) is 30.3 Å². The van der Waals surface area contributed by atoms with Gasteiger partial charge in [-0.25, -0.2) is 9.18 Å². The van der Waals surface area contributed by atoms with E-state index in [1.54, 1.807) is 13.8 Å². The Labute approximate surface area is 329 Å². The van der Waals surface area contributed by atoms with Gasteiger partial charge in [-0.05, 0) is 62.4 Å². The number of hydrogen-bond acceptors (Lipinski definition) is 12. The van der Waals surface area contributed by atoms with Gasteiger partial charge in [0.05, 0.1) is 28.3 Å². The van der Waals surface area contributed by atoms with E-state index in [1.165, 1.54) is 29.2 Å². The van der Waals surface area contributed by atoms with Crippen molar-refractivity contribution < 1.29 is 84.1 Å². The van der Waals surface area contributed by atoms with E-state index in [2.05, 4.69) is 15.5 Å². The van der Waals surface area contributed by atoms with Crippen LogP contribution in [0.15, 0.2) is 60.7 Å². The zero-order chi connectivity index (χ0) is 44.2. The number of nitro benzene ring substituents is 1. The number of halogens is 8. The molecule has 0 saturated heterocycles. The number of hydrogen-bond donors (Lipinski definition) is 5. The standard InChI is InChI=1S/C14H7ClF3NO5.C14H13F4N3O2S.C3H8NO5P/c15-10-5-7(14(16,17)18)1-4-12(10)24-8-2-3-11(19(22)23)9(6-8)13(20)21;1-8(2)21(10-5-3-9(15)4-6-10)11(22)7-23-13-20-19-12(24-13)14(16,17)18;5-3(6)1-4-2-10(7,8)9/h1-6H,(H,20,21);3-6,8H,7H2,1-2H3;4H,1-2H2,(H,5,6)(H2,7,8,9). The number of carboxylic acids is 2. The van der Waals surface area contributed by atoms with Crippen molar-refractivity contribution in [2.45, 2.75) is 32.2 Å². The van der Waals surface area contributed by atoms with Crippen molar-refractivity contribution in [1.82, 2.24) is 15.5 Å². The maximum atomic E-state index is 13.0. The van der Waals surface area contributed by atoms with Gasteiger partial charge in [0, 0.05) is 23.9 Å². The van der Waals surface area contributed by atoms with Gasteiger partial charge in [-0.1, -0.05) is 28.0 Å². The van der Waals surface area contributed by atoms with Gasteiger partial charge in [0.1, 0.15) is 22.9 Å². The number of aliphatic carboxylic acids is 1. The number of nitro groups is 1. The number of aromatic nitrogens is 2. The molecular weight excluding hydrogens is 866 g/mol. The largest absolute Gasteiger partial charge is 0.480 e.